The van der Waals surface area contributed by atoms with E-state index in [1.54, 1.807) is 31.4 Å². The van der Waals surface area contributed by atoms with Crippen LogP contribution in [0.5, 0.6) is 5.75 Å². The molecule has 2 aliphatic rings. The zero-order chi connectivity index (χ0) is 18.0. The summed E-state index contributed by atoms with van der Waals surface area (Å²) < 4.78 is 5.07. The first-order valence-corrected chi connectivity index (χ1v) is 8.54. The number of methoxy groups -OCH3 is 1. The Hall–Kier alpha value is -2.57. The first kappa shape index (κ1) is 17.3. The summed E-state index contributed by atoms with van der Waals surface area (Å²) in [6, 6.07) is 6.37. The van der Waals surface area contributed by atoms with Gasteiger partial charge < -0.3 is 15.4 Å². The smallest absolute Gasteiger partial charge is 0.325 e. The fourth-order valence-corrected chi connectivity index (χ4v) is 3.66. The molecule has 0 bridgehead atoms. The molecule has 134 valence electrons. The van der Waals surface area contributed by atoms with Gasteiger partial charge in [-0.1, -0.05) is 19.8 Å². The molecule has 1 aliphatic carbocycles. The van der Waals surface area contributed by atoms with Gasteiger partial charge >= 0.3 is 6.03 Å². The summed E-state index contributed by atoms with van der Waals surface area (Å²) in [4.78, 5) is 38.4. The van der Waals surface area contributed by atoms with Crippen molar-refractivity contribution in [2.45, 2.75) is 38.1 Å². The Balaban J connectivity index is 1.66. The summed E-state index contributed by atoms with van der Waals surface area (Å²) in [5.74, 6) is 0.0661. The molecule has 1 saturated carbocycles. The van der Waals surface area contributed by atoms with Gasteiger partial charge in [0.05, 0.1) is 7.11 Å². The van der Waals surface area contributed by atoms with Crippen LogP contribution >= 0.6 is 0 Å². The number of ether oxygens (including phenoxy) is 1. The van der Waals surface area contributed by atoms with Crippen LogP contribution < -0.4 is 15.4 Å². The van der Waals surface area contributed by atoms with Crippen LogP contribution in [0.15, 0.2) is 24.3 Å². The number of anilines is 1. The second-order valence-corrected chi connectivity index (χ2v) is 6.72. The highest BCUT2D eigenvalue weighted by atomic mass is 16.5. The van der Waals surface area contributed by atoms with Gasteiger partial charge in [-0.2, -0.15) is 0 Å². The number of carbonyl (C=O) groups is 3. The maximum atomic E-state index is 12.8. The highest BCUT2D eigenvalue weighted by Gasteiger charge is 2.55. The molecule has 2 N–H and O–H groups in total. The second kappa shape index (κ2) is 6.74. The molecule has 7 heteroatoms. The number of benzene rings is 1. The SMILES string of the molecule is COc1ccc(NC(=O)CN2C(=O)N[C@]3(CCCC[C@H]3C)C2=O)cc1. The van der Waals surface area contributed by atoms with E-state index in [9.17, 15) is 14.4 Å². The largest absolute Gasteiger partial charge is 0.497 e. The Morgan fingerprint density at radius 3 is 2.68 bits per heavy atom. The van der Waals surface area contributed by atoms with E-state index in [1.807, 2.05) is 6.92 Å². The van der Waals surface area contributed by atoms with Crippen LogP contribution in [0.2, 0.25) is 0 Å². The summed E-state index contributed by atoms with van der Waals surface area (Å²) in [5, 5.41) is 5.54. The Bertz CT molecular complexity index is 688. The number of imide groups is 1. The number of carbonyl (C=O) groups excluding carboxylic acids is 3. The Labute approximate surface area is 146 Å². The van der Waals surface area contributed by atoms with Gasteiger partial charge in [0.15, 0.2) is 0 Å². The van der Waals surface area contributed by atoms with Gasteiger partial charge in [0.2, 0.25) is 5.91 Å². The maximum Gasteiger partial charge on any atom is 0.325 e. The van der Waals surface area contributed by atoms with E-state index >= 15 is 0 Å². The first-order valence-electron chi connectivity index (χ1n) is 8.54. The molecule has 4 amide bonds. The standard InChI is InChI=1S/C18H23N3O4/c1-12-5-3-4-10-18(12)16(23)21(17(24)20-18)11-15(22)19-13-6-8-14(25-2)9-7-13/h6-9,12H,3-5,10-11H2,1-2H3,(H,19,22)(H,20,24)/t12-,18+/m1/s1. The normalized spacial score (nSPS) is 25.8. The van der Waals surface area contributed by atoms with Crippen LogP contribution in [0, 0.1) is 5.92 Å². The van der Waals surface area contributed by atoms with Crippen molar-refractivity contribution >= 4 is 23.5 Å². The molecule has 1 spiro atoms. The lowest BCUT2D eigenvalue weighted by molar-refractivity contribution is -0.136. The molecule has 1 aliphatic heterocycles. The van der Waals surface area contributed by atoms with Crippen LogP contribution in [0.3, 0.4) is 0 Å². The van der Waals surface area contributed by atoms with Gasteiger partial charge in [0.25, 0.3) is 5.91 Å². The Kier molecular flexibility index (Phi) is 4.65. The number of nitrogens with zero attached hydrogens (tertiary/aromatic N) is 1. The summed E-state index contributed by atoms with van der Waals surface area (Å²) in [6.07, 6.45) is 3.50. The lowest BCUT2D eigenvalue weighted by Crippen LogP contribution is -2.54. The molecule has 1 saturated heterocycles. The summed E-state index contributed by atoms with van der Waals surface area (Å²) in [6.45, 7) is 1.70. The van der Waals surface area contributed by atoms with Crippen molar-refractivity contribution in [3.05, 3.63) is 24.3 Å². The molecule has 25 heavy (non-hydrogen) atoms. The van der Waals surface area contributed by atoms with E-state index in [4.69, 9.17) is 4.74 Å². The third-order valence-electron chi connectivity index (χ3n) is 5.18. The lowest BCUT2D eigenvalue weighted by Gasteiger charge is -2.36. The van der Waals surface area contributed by atoms with Gasteiger partial charge in [0, 0.05) is 5.69 Å². The van der Waals surface area contributed by atoms with Crippen molar-refractivity contribution in [3.8, 4) is 5.75 Å². The van der Waals surface area contributed by atoms with E-state index in [-0.39, 0.29) is 18.4 Å². The fourth-order valence-electron chi connectivity index (χ4n) is 3.66. The molecule has 3 rings (SSSR count). The molecule has 1 aromatic rings. The van der Waals surface area contributed by atoms with Crippen LogP contribution in [0.25, 0.3) is 0 Å². The van der Waals surface area contributed by atoms with Crippen LogP contribution in [0.4, 0.5) is 10.5 Å². The third kappa shape index (κ3) is 3.18. The minimum atomic E-state index is -0.838. The predicted octanol–water partition coefficient (Wildman–Crippen LogP) is 2.13. The second-order valence-electron chi connectivity index (χ2n) is 6.72. The molecule has 0 aromatic heterocycles. The number of urea groups is 1. The van der Waals surface area contributed by atoms with Gasteiger partial charge in [0.1, 0.15) is 17.8 Å². The van der Waals surface area contributed by atoms with Gasteiger partial charge in [-0.15, -0.1) is 0 Å². The average Bonchev–Trinajstić information content (AvgIpc) is 2.83. The number of hydrogen-bond acceptors (Lipinski definition) is 4. The van der Waals surface area contributed by atoms with Gasteiger partial charge in [-0.05, 0) is 43.0 Å². The molecular weight excluding hydrogens is 322 g/mol. The summed E-state index contributed by atoms with van der Waals surface area (Å²) >= 11 is 0. The van der Waals surface area contributed by atoms with E-state index in [1.165, 1.54) is 0 Å². The molecule has 2 atom stereocenters. The fraction of sp³-hybridized carbons (Fsp3) is 0.500. The number of amides is 4. The predicted molar refractivity (Wildman–Crippen MR) is 92.2 cm³/mol. The molecule has 0 unspecified atom stereocenters. The number of nitrogens with one attached hydrogen (secondary N) is 2. The molecule has 1 aromatic carbocycles. The monoisotopic (exact) mass is 345 g/mol. The summed E-state index contributed by atoms with van der Waals surface area (Å²) in [5.41, 5.74) is -0.256. The highest BCUT2D eigenvalue weighted by molar-refractivity contribution is 6.10. The van der Waals surface area contributed by atoms with Crippen molar-refractivity contribution in [1.29, 1.82) is 0 Å². The Morgan fingerprint density at radius 2 is 2.04 bits per heavy atom. The Morgan fingerprint density at radius 1 is 1.32 bits per heavy atom. The molecule has 1 heterocycles. The van der Waals surface area contributed by atoms with E-state index < -0.39 is 17.5 Å². The maximum absolute atomic E-state index is 12.8. The molecule has 0 radical (unpaired) electrons. The zero-order valence-electron chi connectivity index (χ0n) is 14.5. The minimum absolute atomic E-state index is 0.0762. The van der Waals surface area contributed by atoms with Crippen molar-refractivity contribution in [1.82, 2.24) is 10.2 Å². The van der Waals surface area contributed by atoms with E-state index in [0.29, 0.717) is 17.9 Å². The van der Waals surface area contributed by atoms with Crippen LogP contribution in [0.1, 0.15) is 32.6 Å². The van der Waals surface area contributed by atoms with E-state index in [2.05, 4.69) is 10.6 Å². The molecule has 2 fully saturated rings. The van der Waals surface area contributed by atoms with E-state index in [0.717, 1.165) is 24.2 Å². The topological polar surface area (TPSA) is 87.7 Å². The van der Waals surface area contributed by atoms with Crippen LogP contribution in [-0.4, -0.2) is 41.9 Å². The summed E-state index contributed by atoms with van der Waals surface area (Å²) in [7, 11) is 1.56. The van der Waals surface area contributed by atoms with Gasteiger partial charge in [-0.25, -0.2) is 4.79 Å². The van der Waals surface area contributed by atoms with Crippen molar-refractivity contribution in [2.24, 2.45) is 5.92 Å². The zero-order valence-corrected chi connectivity index (χ0v) is 14.5. The lowest BCUT2D eigenvalue weighted by atomic mass is 9.73. The minimum Gasteiger partial charge on any atom is -0.497 e. The number of hydrogen-bond donors (Lipinski definition) is 2. The molecule has 7 nitrogen and oxygen atoms in total. The quantitative estimate of drug-likeness (QED) is 0.819. The first-order chi connectivity index (χ1) is 12.0. The highest BCUT2D eigenvalue weighted by Crippen LogP contribution is 2.38. The average molecular weight is 345 g/mol. The third-order valence-corrected chi connectivity index (χ3v) is 5.18. The van der Waals surface area contributed by atoms with Crippen molar-refractivity contribution < 1.29 is 19.1 Å². The number of rotatable bonds is 4. The van der Waals surface area contributed by atoms with Crippen molar-refractivity contribution in [2.75, 3.05) is 19.0 Å². The van der Waals surface area contributed by atoms with Crippen LogP contribution in [-0.2, 0) is 9.59 Å². The van der Waals surface area contributed by atoms with Gasteiger partial charge in [-0.3, -0.25) is 14.5 Å². The molecular formula is C18H23N3O4. The van der Waals surface area contributed by atoms with Crippen molar-refractivity contribution in [3.63, 3.8) is 0 Å².